The first-order valence-electron chi connectivity index (χ1n) is 12.7. The van der Waals surface area contributed by atoms with Crippen LogP contribution >= 0.6 is 0 Å². The van der Waals surface area contributed by atoms with Crippen LogP contribution in [-0.4, -0.2) is 60.9 Å². The molecular weight excluding hydrogens is 426 g/mol. The van der Waals surface area contributed by atoms with Gasteiger partial charge in [-0.1, -0.05) is 31.4 Å². The Morgan fingerprint density at radius 3 is 2.56 bits per heavy atom. The Morgan fingerprint density at radius 2 is 1.79 bits per heavy atom. The second-order valence-electron chi connectivity index (χ2n) is 10.4. The zero-order chi connectivity index (χ0) is 23.7. The lowest BCUT2D eigenvalue weighted by Crippen LogP contribution is -2.48. The third-order valence-electron chi connectivity index (χ3n) is 7.60. The Hall–Kier alpha value is -2.64. The number of anilines is 1. The van der Waals surface area contributed by atoms with Crippen LogP contribution in [-0.2, 0) is 6.54 Å². The molecule has 0 radical (unpaired) electrons. The van der Waals surface area contributed by atoms with Crippen LogP contribution in [0.3, 0.4) is 0 Å². The van der Waals surface area contributed by atoms with Gasteiger partial charge in [-0.05, 0) is 63.3 Å². The fraction of sp³-hybridized carbons (Fsp3) is 0.556. The summed E-state index contributed by atoms with van der Waals surface area (Å²) in [4.78, 5) is 12.0. The van der Waals surface area contributed by atoms with Gasteiger partial charge in [-0.2, -0.15) is 0 Å². The van der Waals surface area contributed by atoms with Gasteiger partial charge in [0, 0.05) is 31.4 Å². The molecule has 1 saturated carbocycles. The van der Waals surface area contributed by atoms with Gasteiger partial charge in [-0.25, -0.2) is 4.98 Å². The maximum atomic E-state index is 11.0. The van der Waals surface area contributed by atoms with Crippen LogP contribution in [0.25, 0.3) is 11.0 Å². The van der Waals surface area contributed by atoms with Gasteiger partial charge in [-0.3, -0.25) is 4.98 Å². The smallest absolute Gasteiger partial charge is 0.204 e. The lowest BCUT2D eigenvalue weighted by atomic mass is 9.84. The molecule has 182 valence electrons. The summed E-state index contributed by atoms with van der Waals surface area (Å²) >= 11 is 0. The van der Waals surface area contributed by atoms with Crippen LogP contribution in [0, 0.1) is 13.8 Å². The first kappa shape index (κ1) is 23.1. The van der Waals surface area contributed by atoms with Gasteiger partial charge >= 0.3 is 0 Å². The van der Waals surface area contributed by atoms with Crippen LogP contribution < -0.4 is 5.32 Å². The van der Waals surface area contributed by atoms with Gasteiger partial charge in [0.25, 0.3) is 0 Å². The quantitative estimate of drug-likeness (QED) is 0.503. The van der Waals surface area contributed by atoms with E-state index in [1.807, 2.05) is 13.0 Å². The summed E-state index contributed by atoms with van der Waals surface area (Å²) in [6, 6.07) is 10.1. The Labute approximate surface area is 201 Å². The van der Waals surface area contributed by atoms with E-state index in [1.54, 1.807) is 6.07 Å². The third kappa shape index (κ3) is 4.91. The predicted octanol–water partition coefficient (Wildman–Crippen LogP) is 4.37. The number of aromatic nitrogens is 3. The number of hydrogen-bond donors (Lipinski definition) is 3. The van der Waals surface area contributed by atoms with Crippen molar-refractivity contribution in [3.05, 3.63) is 47.3 Å². The first-order valence-corrected chi connectivity index (χ1v) is 12.7. The molecule has 1 saturated heterocycles. The van der Waals surface area contributed by atoms with Gasteiger partial charge in [0.15, 0.2) is 0 Å². The van der Waals surface area contributed by atoms with Crippen LogP contribution in [0.2, 0.25) is 0 Å². The number of β-amino-alcohol motifs (C(OH)–C–C–N with tert-alkyl or cyclic N) is 1. The summed E-state index contributed by atoms with van der Waals surface area (Å²) < 4.78 is 2.14. The third-order valence-corrected chi connectivity index (χ3v) is 7.60. The van der Waals surface area contributed by atoms with Gasteiger partial charge < -0.3 is 25.0 Å². The lowest BCUT2D eigenvalue weighted by molar-refractivity contribution is -0.0302. The molecule has 2 aromatic heterocycles. The number of para-hydroxylation sites is 1. The number of likely N-dealkylation sites (tertiary alicyclic amines) is 1. The highest BCUT2D eigenvalue weighted by atomic mass is 16.3. The monoisotopic (exact) mass is 463 g/mol. The Kier molecular flexibility index (Phi) is 6.49. The number of aliphatic hydroxyl groups is 1. The maximum absolute atomic E-state index is 11.0. The van der Waals surface area contributed by atoms with Gasteiger partial charge in [-0.15, -0.1) is 0 Å². The molecule has 2 fully saturated rings. The Balaban J connectivity index is 1.32. The molecule has 3 heterocycles. The van der Waals surface area contributed by atoms with Crippen molar-refractivity contribution in [2.75, 3.05) is 25.0 Å². The van der Waals surface area contributed by atoms with Crippen LogP contribution in [0.5, 0.6) is 5.75 Å². The number of aryl methyl sites for hydroxylation is 2. The molecule has 0 atom stereocenters. The number of aromatic hydroxyl groups is 1. The summed E-state index contributed by atoms with van der Waals surface area (Å²) in [6.07, 6.45) is 7.47. The molecule has 0 bridgehead atoms. The minimum atomic E-state index is -0.493. The molecule has 0 amide bonds. The Morgan fingerprint density at radius 1 is 1.03 bits per heavy atom. The predicted molar refractivity (Wildman–Crippen MR) is 135 cm³/mol. The molecule has 7 heteroatoms. The molecule has 5 rings (SSSR count). The van der Waals surface area contributed by atoms with E-state index in [2.05, 4.69) is 44.9 Å². The fourth-order valence-corrected chi connectivity index (χ4v) is 5.63. The lowest BCUT2D eigenvalue weighted by Gasteiger charge is -2.40. The molecule has 1 aromatic carbocycles. The zero-order valence-electron chi connectivity index (χ0n) is 20.4. The van der Waals surface area contributed by atoms with E-state index < -0.39 is 5.60 Å². The Bertz CT molecular complexity index is 1140. The van der Waals surface area contributed by atoms with E-state index >= 15 is 0 Å². The van der Waals surface area contributed by atoms with Crippen molar-refractivity contribution in [2.24, 2.45) is 0 Å². The molecule has 7 nitrogen and oxygen atoms in total. The molecule has 1 aliphatic heterocycles. The second kappa shape index (κ2) is 9.55. The standard InChI is InChI=1S/C27H37N5O2/c1-19-7-6-8-23-25(19)30-26(32(23)17-22-24(33)10-9-20(2)28-22)29-21-11-15-31(16-12-21)18-27(34)13-4-3-5-14-27/h6-10,21,33-34H,3-5,11-18H2,1-2H3,(H,29,30). The summed E-state index contributed by atoms with van der Waals surface area (Å²) in [5, 5.41) is 25.1. The molecule has 1 aliphatic carbocycles. The van der Waals surface area contributed by atoms with Gasteiger partial charge in [0.2, 0.25) is 5.95 Å². The average molecular weight is 464 g/mol. The van der Waals surface area contributed by atoms with E-state index in [-0.39, 0.29) is 5.75 Å². The number of fused-ring (bicyclic) bond motifs is 1. The SMILES string of the molecule is Cc1ccc(O)c(Cn2c(NC3CCN(CC4(O)CCCCC4)CC3)nc3c(C)cccc32)n1. The van der Waals surface area contributed by atoms with Crippen molar-refractivity contribution in [1.82, 2.24) is 19.4 Å². The van der Waals surface area contributed by atoms with Crippen molar-refractivity contribution in [3.8, 4) is 5.75 Å². The molecule has 34 heavy (non-hydrogen) atoms. The van der Waals surface area contributed by atoms with E-state index in [1.165, 1.54) is 6.42 Å². The molecule has 3 N–H and O–H groups in total. The number of hydrogen-bond acceptors (Lipinski definition) is 6. The van der Waals surface area contributed by atoms with E-state index in [0.717, 1.165) is 86.4 Å². The highest BCUT2D eigenvalue weighted by Gasteiger charge is 2.33. The highest BCUT2D eigenvalue weighted by molar-refractivity contribution is 5.82. The normalized spacial score (nSPS) is 19.5. The summed E-state index contributed by atoms with van der Waals surface area (Å²) in [6.45, 7) is 7.26. The number of nitrogens with one attached hydrogen (secondary N) is 1. The van der Waals surface area contributed by atoms with Gasteiger partial charge in [0.05, 0.1) is 23.2 Å². The number of rotatable bonds is 6. The zero-order valence-corrected chi connectivity index (χ0v) is 20.4. The average Bonchev–Trinajstić information content (AvgIpc) is 3.16. The molecule has 2 aliphatic rings. The first-order chi connectivity index (χ1) is 16.4. The van der Waals surface area contributed by atoms with Crippen molar-refractivity contribution in [1.29, 1.82) is 0 Å². The van der Waals surface area contributed by atoms with E-state index in [4.69, 9.17) is 4.98 Å². The van der Waals surface area contributed by atoms with Crippen LogP contribution in [0.4, 0.5) is 5.95 Å². The highest BCUT2D eigenvalue weighted by Crippen LogP contribution is 2.31. The molecule has 3 aromatic rings. The number of imidazole rings is 1. The minimum absolute atomic E-state index is 0.208. The number of nitrogens with zero attached hydrogens (tertiary/aromatic N) is 4. The molecule has 0 unspecified atom stereocenters. The topological polar surface area (TPSA) is 86.4 Å². The van der Waals surface area contributed by atoms with Crippen molar-refractivity contribution >= 4 is 17.0 Å². The van der Waals surface area contributed by atoms with Crippen molar-refractivity contribution in [3.63, 3.8) is 0 Å². The van der Waals surface area contributed by atoms with Crippen molar-refractivity contribution < 1.29 is 10.2 Å². The van der Waals surface area contributed by atoms with E-state index in [9.17, 15) is 10.2 Å². The largest absolute Gasteiger partial charge is 0.506 e. The minimum Gasteiger partial charge on any atom is -0.506 e. The van der Waals surface area contributed by atoms with Crippen LogP contribution in [0.15, 0.2) is 30.3 Å². The number of piperidine rings is 1. The second-order valence-corrected chi connectivity index (χ2v) is 10.4. The van der Waals surface area contributed by atoms with Gasteiger partial charge in [0.1, 0.15) is 11.4 Å². The molecule has 0 spiro atoms. The summed E-state index contributed by atoms with van der Waals surface area (Å²) in [7, 11) is 0. The number of pyridine rings is 1. The van der Waals surface area contributed by atoms with Crippen molar-refractivity contribution in [2.45, 2.75) is 77.0 Å². The number of benzene rings is 1. The van der Waals surface area contributed by atoms with E-state index in [0.29, 0.717) is 18.3 Å². The fourth-order valence-electron chi connectivity index (χ4n) is 5.63. The summed E-state index contributed by atoms with van der Waals surface area (Å²) in [5.74, 6) is 1.04. The summed E-state index contributed by atoms with van der Waals surface area (Å²) in [5.41, 5.74) is 4.20. The molecular formula is C27H37N5O2. The van der Waals surface area contributed by atoms with Crippen LogP contribution in [0.1, 0.15) is 61.9 Å². The maximum Gasteiger partial charge on any atom is 0.204 e.